The van der Waals surface area contributed by atoms with Crippen LogP contribution in [0.4, 0.5) is 13.2 Å². The van der Waals surface area contributed by atoms with E-state index in [1.54, 1.807) is 25.7 Å². The van der Waals surface area contributed by atoms with Gasteiger partial charge in [0.25, 0.3) is 0 Å². The number of piperidine rings is 1. The fourth-order valence-electron chi connectivity index (χ4n) is 3.66. The molecule has 1 aromatic rings. The Morgan fingerprint density at radius 2 is 1.85 bits per heavy atom. The molecule has 26 heavy (non-hydrogen) atoms. The summed E-state index contributed by atoms with van der Waals surface area (Å²) in [5.41, 5.74) is 1.31. The second kappa shape index (κ2) is 7.67. The van der Waals surface area contributed by atoms with Crippen molar-refractivity contribution in [1.29, 1.82) is 0 Å². The molecule has 1 aliphatic heterocycles. The molecule has 0 aliphatic carbocycles. The molecule has 0 bridgehead atoms. The van der Waals surface area contributed by atoms with E-state index in [1.807, 2.05) is 0 Å². The summed E-state index contributed by atoms with van der Waals surface area (Å²) < 4.78 is 38.9. The molecule has 1 aromatic heterocycles. The minimum absolute atomic E-state index is 0.0601. The molecule has 1 unspecified atom stereocenters. The summed E-state index contributed by atoms with van der Waals surface area (Å²) in [4.78, 5) is 25.2. The number of hydrogen-bond acceptors (Lipinski definition) is 3. The summed E-state index contributed by atoms with van der Waals surface area (Å²) in [5.74, 6) is -1.53. The average Bonchev–Trinajstić information content (AvgIpc) is 2.78. The molecule has 0 radical (unpaired) electrons. The zero-order valence-corrected chi connectivity index (χ0v) is 15.1. The molecule has 2 heterocycles. The SMILES string of the molecule is Cc1nn(CC(F)(F)F)c(C)c1C(C)C(=O)N1CCC(CC(=O)O)CC1. The predicted octanol–water partition coefficient (Wildman–Crippen LogP) is 2.88. The number of hydrogen-bond donors (Lipinski definition) is 1. The summed E-state index contributed by atoms with van der Waals surface area (Å²) in [7, 11) is 0. The second-order valence-corrected chi connectivity index (χ2v) is 6.95. The van der Waals surface area contributed by atoms with E-state index in [0.29, 0.717) is 42.9 Å². The summed E-state index contributed by atoms with van der Waals surface area (Å²) in [5, 5.41) is 12.8. The van der Waals surface area contributed by atoms with Gasteiger partial charge in [0, 0.05) is 30.8 Å². The molecule has 6 nitrogen and oxygen atoms in total. The molecule has 1 amide bonds. The van der Waals surface area contributed by atoms with Crippen LogP contribution in [-0.4, -0.2) is 50.9 Å². The van der Waals surface area contributed by atoms with Gasteiger partial charge in [0.2, 0.25) is 5.91 Å². The number of nitrogens with zero attached hydrogens (tertiary/aromatic N) is 3. The molecular weight excluding hydrogens is 351 g/mol. The number of carbonyl (C=O) groups is 2. The van der Waals surface area contributed by atoms with Crippen molar-refractivity contribution >= 4 is 11.9 Å². The smallest absolute Gasteiger partial charge is 0.408 e. The van der Waals surface area contributed by atoms with Crippen molar-refractivity contribution in [3.05, 3.63) is 17.0 Å². The van der Waals surface area contributed by atoms with Crippen molar-refractivity contribution in [3.63, 3.8) is 0 Å². The van der Waals surface area contributed by atoms with Crippen molar-refractivity contribution in [2.45, 2.75) is 58.7 Å². The maximum Gasteiger partial charge on any atom is 0.408 e. The highest BCUT2D eigenvalue weighted by Gasteiger charge is 2.33. The third kappa shape index (κ3) is 4.76. The van der Waals surface area contributed by atoms with Crippen LogP contribution in [0.2, 0.25) is 0 Å². The minimum Gasteiger partial charge on any atom is -0.481 e. The van der Waals surface area contributed by atoms with Crippen LogP contribution >= 0.6 is 0 Å². The summed E-state index contributed by atoms with van der Waals surface area (Å²) in [6.45, 7) is 4.59. The second-order valence-electron chi connectivity index (χ2n) is 6.95. The normalized spacial score (nSPS) is 17.4. The summed E-state index contributed by atoms with van der Waals surface area (Å²) in [6, 6.07) is 0. The van der Waals surface area contributed by atoms with E-state index in [2.05, 4.69) is 5.10 Å². The molecule has 1 N–H and O–H groups in total. The fraction of sp³-hybridized carbons (Fsp3) is 0.706. The number of aromatic nitrogens is 2. The van der Waals surface area contributed by atoms with Gasteiger partial charge >= 0.3 is 12.1 Å². The number of carboxylic acids is 1. The number of halogens is 3. The molecule has 0 aromatic carbocycles. The Morgan fingerprint density at radius 3 is 2.35 bits per heavy atom. The van der Waals surface area contributed by atoms with E-state index in [1.165, 1.54) is 0 Å². The lowest BCUT2D eigenvalue weighted by molar-refractivity contribution is -0.143. The Balaban J connectivity index is 2.08. The number of carbonyl (C=O) groups excluding carboxylic acids is 1. The van der Waals surface area contributed by atoms with E-state index >= 15 is 0 Å². The summed E-state index contributed by atoms with van der Waals surface area (Å²) >= 11 is 0. The third-order valence-corrected chi connectivity index (χ3v) is 4.96. The molecular formula is C17H24F3N3O3. The van der Waals surface area contributed by atoms with Crippen molar-refractivity contribution in [1.82, 2.24) is 14.7 Å². The van der Waals surface area contributed by atoms with Crippen LogP contribution in [0.5, 0.6) is 0 Å². The number of rotatable bonds is 5. The van der Waals surface area contributed by atoms with Crippen molar-refractivity contribution in [3.8, 4) is 0 Å². The van der Waals surface area contributed by atoms with Crippen LogP contribution in [0.3, 0.4) is 0 Å². The standard InChI is InChI=1S/C17H24F3N3O3/c1-10(15-11(2)21-23(12(15)3)9-17(18,19)20)16(26)22-6-4-13(5-7-22)8-14(24)25/h10,13H,4-9H2,1-3H3,(H,24,25). The molecule has 1 saturated heterocycles. The predicted molar refractivity (Wildman–Crippen MR) is 87.7 cm³/mol. The zero-order valence-electron chi connectivity index (χ0n) is 15.1. The number of aliphatic carboxylic acids is 1. The van der Waals surface area contributed by atoms with Gasteiger partial charge in [0.05, 0.1) is 11.6 Å². The van der Waals surface area contributed by atoms with Gasteiger partial charge < -0.3 is 10.0 Å². The quantitative estimate of drug-likeness (QED) is 0.859. The first-order valence-corrected chi connectivity index (χ1v) is 8.60. The van der Waals surface area contributed by atoms with Crippen molar-refractivity contribution in [2.24, 2.45) is 5.92 Å². The van der Waals surface area contributed by atoms with Gasteiger partial charge in [0.15, 0.2) is 0 Å². The van der Waals surface area contributed by atoms with E-state index in [9.17, 15) is 22.8 Å². The van der Waals surface area contributed by atoms with Crippen LogP contribution in [0.1, 0.15) is 49.1 Å². The Bertz CT molecular complexity index is 677. The average molecular weight is 375 g/mol. The highest BCUT2D eigenvalue weighted by molar-refractivity contribution is 5.84. The van der Waals surface area contributed by atoms with Crippen LogP contribution < -0.4 is 0 Å². The number of likely N-dealkylation sites (tertiary alicyclic amines) is 1. The van der Waals surface area contributed by atoms with E-state index in [-0.39, 0.29) is 18.2 Å². The Labute approximate surface area is 150 Å². The first-order valence-electron chi connectivity index (χ1n) is 8.60. The number of amides is 1. The van der Waals surface area contributed by atoms with E-state index in [0.717, 1.165) is 4.68 Å². The van der Waals surface area contributed by atoms with E-state index < -0.39 is 24.6 Å². The van der Waals surface area contributed by atoms with Gasteiger partial charge in [-0.25, -0.2) is 0 Å². The molecule has 0 saturated carbocycles. The molecule has 1 aliphatic rings. The van der Waals surface area contributed by atoms with Gasteiger partial charge in [-0.3, -0.25) is 14.3 Å². The van der Waals surface area contributed by atoms with Crippen molar-refractivity contribution < 1.29 is 27.9 Å². The molecule has 0 spiro atoms. The number of aryl methyl sites for hydroxylation is 1. The summed E-state index contributed by atoms with van der Waals surface area (Å²) in [6.07, 6.45) is -3.04. The number of alkyl halides is 3. The topological polar surface area (TPSA) is 75.4 Å². The lowest BCUT2D eigenvalue weighted by Gasteiger charge is -2.33. The fourth-order valence-corrected chi connectivity index (χ4v) is 3.66. The van der Waals surface area contributed by atoms with Gasteiger partial charge in [-0.1, -0.05) is 0 Å². The van der Waals surface area contributed by atoms with Gasteiger partial charge in [-0.2, -0.15) is 18.3 Å². The monoisotopic (exact) mass is 375 g/mol. The van der Waals surface area contributed by atoms with Crippen LogP contribution in [0.15, 0.2) is 0 Å². The van der Waals surface area contributed by atoms with E-state index in [4.69, 9.17) is 5.11 Å². The Morgan fingerprint density at radius 1 is 1.27 bits per heavy atom. The maximum atomic E-state index is 12.8. The molecule has 1 fully saturated rings. The molecule has 9 heteroatoms. The molecule has 1 atom stereocenters. The Kier molecular flexibility index (Phi) is 5.98. The first kappa shape index (κ1) is 20.3. The van der Waals surface area contributed by atoms with Gasteiger partial charge in [-0.05, 0) is 39.5 Å². The van der Waals surface area contributed by atoms with Crippen molar-refractivity contribution in [2.75, 3.05) is 13.1 Å². The lowest BCUT2D eigenvalue weighted by Crippen LogP contribution is -2.41. The van der Waals surface area contributed by atoms with Crippen LogP contribution in [0.25, 0.3) is 0 Å². The minimum atomic E-state index is -4.38. The Hall–Kier alpha value is -2.06. The van der Waals surface area contributed by atoms with Crippen LogP contribution in [0, 0.1) is 19.8 Å². The highest BCUT2D eigenvalue weighted by atomic mass is 19.4. The maximum absolute atomic E-state index is 12.8. The van der Waals surface area contributed by atoms with Crippen LogP contribution in [-0.2, 0) is 16.1 Å². The molecule has 146 valence electrons. The lowest BCUT2D eigenvalue weighted by atomic mass is 9.91. The largest absolute Gasteiger partial charge is 0.481 e. The molecule has 2 rings (SSSR count). The van der Waals surface area contributed by atoms with Gasteiger partial charge in [0.1, 0.15) is 6.54 Å². The third-order valence-electron chi connectivity index (χ3n) is 4.96. The van der Waals surface area contributed by atoms with Gasteiger partial charge in [-0.15, -0.1) is 0 Å². The zero-order chi connectivity index (χ0) is 19.6. The highest BCUT2D eigenvalue weighted by Crippen LogP contribution is 2.29. The first-order chi connectivity index (χ1) is 12.0. The number of carboxylic acid groups (broad SMARTS) is 1.